The fraction of sp³-hybridized carbons (Fsp3) is 0.136. The van der Waals surface area contributed by atoms with Gasteiger partial charge in [-0.1, -0.05) is 41.6 Å². The molecule has 1 aromatic heterocycles. The maximum absolute atomic E-state index is 12.5. The number of hydrogen-bond donors (Lipinski definition) is 1. The van der Waals surface area contributed by atoms with E-state index in [0.29, 0.717) is 32.8 Å². The van der Waals surface area contributed by atoms with Crippen LogP contribution in [0.4, 0.5) is 5.69 Å². The van der Waals surface area contributed by atoms with E-state index in [9.17, 15) is 9.59 Å². The highest BCUT2D eigenvalue weighted by atomic mass is 35.5. The average molecular weight is 457 g/mol. The van der Waals surface area contributed by atoms with Crippen molar-refractivity contribution in [3.63, 3.8) is 0 Å². The average Bonchev–Trinajstić information content (AvgIpc) is 3.25. The molecule has 3 aromatic rings. The number of nitrogens with one attached hydrogen (secondary N) is 1. The number of pyridine rings is 1. The number of ether oxygens (including phenoxy) is 3. The molecule has 0 atom stereocenters. The van der Waals surface area contributed by atoms with E-state index in [0.717, 1.165) is 11.8 Å². The van der Waals surface area contributed by atoms with Crippen molar-refractivity contribution in [2.24, 2.45) is 0 Å². The number of carbonyl (C=O) groups excluding carboxylic acids is 2. The van der Waals surface area contributed by atoms with E-state index in [-0.39, 0.29) is 30.6 Å². The topological polar surface area (TPSA) is 86.8 Å². The van der Waals surface area contributed by atoms with Crippen molar-refractivity contribution in [2.45, 2.75) is 11.6 Å². The Kier molecular flexibility index (Phi) is 6.59. The lowest BCUT2D eigenvalue weighted by molar-refractivity contribution is -0.113. The second-order valence-corrected chi connectivity index (χ2v) is 7.80. The van der Waals surface area contributed by atoms with E-state index < -0.39 is 5.97 Å². The Morgan fingerprint density at radius 2 is 1.94 bits per heavy atom. The van der Waals surface area contributed by atoms with Gasteiger partial charge in [-0.2, -0.15) is 0 Å². The molecular weight excluding hydrogens is 440 g/mol. The second kappa shape index (κ2) is 9.72. The number of nitrogens with zero attached hydrogens (tertiary/aromatic N) is 1. The van der Waals surface area contributed by atoms with Crippen LogP contribution in [0.3, 0.4) is 0 Å². The van der Waals surface area contributed by atoms with Crippen LogP contribution in [0, 0.1) is 0 Å². The van der Waals surface area contributed by atoms with Crippen LogP contribution in [0.5, 0.6) is 11.5 Å². The number of rotatable bonds is 7. The summed E-state index contributed by atoms with van der Waals surface area (Å²) in [6, 6.07) is 15.6. The molecule has 0 bridgehead atoms. The molecule has 0 aliphatic carbocycles. The summed E-state index contributed by atoms with van der Waals surface area (Å²) in [5.41, 5.74) is 1.59. The van der Waals surface area contributed by atoms with Crippen LogP contribution in [0.2, 0.25) is 5.02 Å². The fourth-order valence-corrected chi connectivity index (χ4v) is 3.78. The van der Waals surface area contributed by atoms with E-state index in [1.54, 1.807) is 54.7 Å². The van der Waals surface area contributed by atoms with Gasteiger partial charge in [-0.15, -0.1) is 0 Å². The summed E-state index contributed by atoms with van der Waals surface area (Å²) in [7, 11) is 0. The summed E-state index contributed by atoms with van der Waals surface area (Å²) in [4.78, 5) is 29.1. The third-order valence-corrected chi connectivity index (χ3v) is 5.68. The third kappa shape index (κ3) is 5.28. The fourth-order valence-electron chi connectivity index (χ4n) is 2.80. The molecule has 158 valence electrons. The monoisotopic (exact) mass is 456 g/mol. The number of esters is 1. The first-order valence-electron chi connectivity index (χ1n) is 9.28. The Bertz CT molecular complexity index is 1120. The number of halogens is 1. The van der Waals surface area contributed by atoms with Crippen LogP contribution in [-0.2, 0) is 16.1 Å². The molecular formula is C22H17ClN2O5S. The molecule has 1 N–H and O–H groups in total. The van der Waals surface area contributed by atoms with Gasteiger partial charge in [0.2, 0.25) is 12.7 Å². The van der Waals surface area contributed by atoms with Gasteiger partial charge in [0.05, 0.1) is 11.3 Å². The largest absolute Gasteiger partial charge is 0.457 e. The molecule has 1 aliphatic rings. The minimum atomic E-state index is -0.535. The Morgan fingerprint density at radius 3 is 2.81 bits per heavy atom. The van der Waals surface area contributed by atoms with Gasteiger partial charge in [-0.25, -0.2) is 9.78 Å². The van der Waals surface area contributed by atoms with Gasteiger partial charge >= 0.3 is 5.97 Å². The Balaban J connectivity index is 1.35. The van der Waals surface area contributed by atoms with E-state index in [4.69, 9.17) is 25.8 Å². The summed E-state index contributed by atoms with van der Waals surface area (Å²) in [6.45, 7) is 0.208. The first-order chi connectivity index (χ1) is 15.1. The van der Waals surface area contributed by atoms with Crippen LogP contribution in [0.15, 0.2) is 65.8 Å². The second-order valence-electron chi connectivity index (χ2n) is 6.43. The number of anilines is 1. The molecule has 0 fully saturated rings. The van der Waals surface area contributed by atoms with Crippen LogP contribution in [-0.4, -0.2) is 29.4 Å². The van der Waals surface area contributed by atoms with Crippen LogP contribution in [0.25, 0.3) is 0 Å². The van der Waals surface area contributed by atoms with Crippen molar-refractivity contribution >= 4 is 40.9 Å². The van der Waals surface area contributed by atoms with Gasteiger partial charge in [0, 0.05) is 28.5 Å². The van der Waals surface area contributed by atoms with E-state index in [2.05, 4.69) is 10.3 Å². The zero-order chi connectivity index (χ0) is 21.6. The van der Waals surface area contributed by atoms with Crippen molar-refractivity contribution in [3.8, 4) is 11.5 Å². The molecule has 0 unspecified atom stereocenters. The highest BCUT2D eigenvalue weighted by Gasteiger charge is 2.17. The SMILES string of the molecule is O=C(CSc1ncccc1C(=O)OCc1ccccc1Cl)Nc1ccc2c(c1)OCO2. The molecule has 1 amide bonds. The number of carbonyl (C=O) groups is 2. The van der Waals surface area contributed by atoms with Crippen LogP contribution in [0.1, 0.15) is 15.9 Å². The van der Waals surface area contributed by atoms with E-state index in [1.165, 1.54) is 0 Å². The van der Waals surface area contributed by atoms with Crippen molar-refractivity contribution in [1.82, 2.24) is 4.98 Å². The molecule has 4 rings (SSSR count). The van der Waals surface area contributed by atoms with E-state index >= 15 is 0 Å². The summed E-state index contributed by atoms with van der Waals surface area (Å²) >= 11 is 7.25. The molecule has 0 radical (unpaired) electrons. The van der Waals surface area contributed by atoms with Gasteiger partial charge in [0.1, 0.15) is 11.6 Å². The Hall–Kier alpha value is -3.23. The summed E-state index contributed by atoms with van der Waals surface area (Å²) < 4.78 is 15.9. The number of aromatic nitrogens is 1. The summed E-state index contributed by atoms with van der Waals surface area (Å²) in [5.74, 6) is 0.507. The minimum absolute atomic E-state index is 0.0438. The number of hydrogen-bond acceptors (Lipinski definition) is 7. The number of benzene rings is 2. The van der Waals surface area contributed by atoms with Gasteiger partial charge in [0.15, 0.2) is 11.5 Å². The van der Waals surface area contributed by atoms with Crippen molar-refractivity contribution < 1.29 is 23.8 Å². The predicted molar refractivity (Wildman–Crippen MR) is 117 cm³/mol. The zero-order valence-electron chi connectivity index (χ0n) is 16.2. The third-order valence-electron chi connectivity index (χ3n) is 4.30. The molecule has 1 aliphatic heterocycles. The number of amides is 1. The smallest absolute Gasteiger partial charge is 0.341 e. The number of thioether (sulfide) groups is 1. The first-order valence-corrected chi connectivity index (χ1v) is 10.6. The van der Waals surface area contributed by atoms with Crippen molar-refractivity contribution in [2.75, 3.05) is 17.9 Å². The maximum atomic E-state index is 12.5. The summed E-state index contributed by atoms with van der Waals surface area (Å²) in [5, 5.41) is 3.72. The lowest BCUT2D eigenvalue weighted by Crippen LogP contribution is -2.15. The molecule has 9 heteroatoms. The minimum Gasteiger partial charge on any atom is -0.457 e. The molecule has 0 spiro atoms. The molecule has 31 heavy (non-hydrogen) atoms. The van der Waals surface area contributed by atoms with Crippen LogP contribution < -0.4 is 14.8 Å². The number of fused-ring (bicyclic) bond motifs is 1. The van der Waals surface area contributed by atoms with Crippen molar-refractivity contribution in [3.05, 3.63) is 76.9 Å². The van der Waals surface area contributed by atoms with Crippen molar-refractivity contribution in [1.29, 1.82) is 0 Å². The lowest BCUT2D eigenvalue weighted by Gasteiger charge is -2.10. The summed E-state index contributed by atoms with van der Waals surface area (Å²) in [6.07, 6.45) is 1.56. The van der Waals surface area contributed by atoms with E-state index in [1.807, 2.05) is 6.07 Å². The quantitative estimate of drug-likeness (QED) is 0.412. The zero-order valence-corrected chi connectivity index (χ0v) is 17.7. The predicted octanol–water partition coefficient (Wildman–Crippen LogP) is 4.55. The van der Waals surface area contributed by atoms with Gasteiger partial charge in [-0.05, 0) is 30.3 Å². The molecule has 2 heterocycles. The first kappa shape index (κ1) is 21.0. The highest BCUT2D eigenvalue weighted by Crippen LogP contribution is 2.34. The highest BCUT2D eigenvalue weighted by molar-refractivity contribution is 8.00. The lowest BCUT2D eigenvalue weighted by atomic mass is 10.2. The standard InChI is InChI=1S/C22H17ClN2O5S/c23-17-6-2-1-4-14(17)11-28-22(27)16-5-3-9-24-21(16)31-12-20(26)25-15-7-8-18-19(10-15)30-13-29-18/h1-10H,11-13H2,(H,25,26). The van der Waals surface area contributed by atoms with Gasteiger partial charge in [-0.3, -0.25) is 4.79 Å². The van der Waals surface area contributed by atoms with Crippen LogP contribution >= 0.6 is 23.4 Å². The Morgan fingerprint density at radius 1 is 1.10 bits per heavy atom. The molecule has 7 nitrogen and oxygen atoms in total. The molecule has 2 aromatic carbocycles. The maximum Gasteiger partial charge on any atom is 0.341 e. The normalized spacial score (nSPS) is 11.8. The Labute approximate surface area is 187 Å². The molecule has 0 saturated carbocycles. The van der Waals surface area contributed by atoms with Gasteiger partial charge < -0.3 is 19.5 Å². The molecule has 0 saturated heterocycles. The van der Waals surface area contributed by atoms with Gasteiger partial charge in [0.25, 0.3) is 0 Å².